The number of benzene rings is 1. The van der Waals surface area contributed by atoms with Gasteiger partial charge in [-0.2, -0.15) is 10.5 Å². The highest BCUT2D eigenvalue weighted by molar-refractivity contribution is 5.98. The molecule has 0 spiro atoms. The third kappa shape index (κ3) is 4.61. The van der Waals surface area contributed by atoms with Crippen molar-refractivity contribution in [2.75, 3.05) is 23.9 Å². The smallest absolute Gasteiger partial charge is 0.211 e. The van der Waals surface area contributed by atoms with Crippen LogP contribution in [0.5, 0.6) is 5.75 Å². The van der Waals surface area contributed by atoms with Gasteiger partial charge in [0.1, 0.15) is 35.1 Å². The molecule has 0 fully saturated rings. The van der Waals surface area contributed by atoms with Crippen molar-refractivity contribution >= 4 is 23.3 Å². The number of guanidine groups is 1. The molecule has 1 aliphatic rings. The zero-order chi connectivity index (χ0) is 24.3. The van der Waals surface area contributed by atoms with E-state index in [1.807, 2.05) is 30.5 Å². The lowest BCUT2D eigenvalue weighted by Crippen LogP contribution is -2.36. The zero-order valence-corrected chi connectivity index (χ0v) is 19.5. The van der Waals surface area contributed by atoms with E-state index in [2.05, 4.69) is 53.2 Å². The molecule has 1 atom stereocenters. The van der Waals surface area contributed by atoms with E-state index < -0.39 is 6.04 Å². The lowest BCUT2D eigenvalue weighted by molar-refractivity contribution is 0.164. The predicted octanol–water partition coefficient (Wildman–Crippen LogP) is 2.69. The summed E-state index contributed by atoms with van der Waals surface area (Å²) in [4.78, 5) is 11.3. The minimum atomic E-state index is -0.603. The molecule has 0 saturated heterocycles. The molecule has 1 unspecified atom stereocenters. The SMILES string of the molecule is COc1ccc(C2N=C(NC#N)Nc3nc(N)c(C#N)c(N)c32)cc1CN(C(C)C)C(C)C. The van der Waals surface area contributed by atoms with Crippen LogP contribution in [-0.4, -0.2) is 35.0 Å². The van der Waals surface area contributed by atoms with Gasteiger partial charge in [0, 0.05) is 29.8 Å². The van der Waals surface area contributed by atoms with Crippen molar-refractivity contribution in [2.24, 2.45) is 4.99 Å². The van der Waals surface area contributed by atoms with Gasteiger partial charge in [0.2, 0.25) is 5.96 Å². The fourth-order valence-electron chi connectivity index (χ4n) is 4.07. The molecule has 6 N–H and O–H groups in total. The molecule has 0 saturated carbocycles. The zero-order valence-electron chi connectivity index (χ0n) is 19.5. The van der Waals surface area contributed by atoms with Crippen molar-refractivity contribution in [2.45, 2.75) is 52.4 Å². The largest absolute Gasteiger partial charge is 0.496 e. The van der Waals surface area contributed by atoms with Crippen molar-refractivity contribution in [3.05, 3.63) is 40.5 Å². The number of anilines is 3. The molecule has 172 valence electrons. The Morgan fingerprint density at radius 2 is 1.91 bits per heavy atom. The molecule has 1 aromatic heterocycles. The third-order valence-corrected chi connectivity index (χ3v) is 5.66. The van der Waals surface area contributed by atoms with Crippen LogP contribution in [0.1, 0.15) is 56.0 Å². The van der Waals surface area contributed by atoms with E-state index in [0.717, 1.165) is 16.9 Å². The molecule has 0 bridgehead atoms. The van der Waals surface area contributed by atoms with E-state index in [4.69, 9.17) is 21.5 Å². The highest BCUT2D eigenvalue weighted by atomic mass is 16.5. The topological polar surface area (TPSA) is 161 Å². The maximum Gasteiger partial charge on any atom is 0.211 e. The molecule has 0 aliphatic carbocycles. The summed E-state index contributed by atoms with van der Waals surface area (Å²) in [5, 5.41) is 24.1. The van der Waals surface area contributed by atoms with E-state index >= 15 is 0 Å². The Bertz CT molecular complexity index is 1150. The number of nitrogens with two attached hydrogens (primary N) is 2. The molecule has 10 nitrogen and oxygen atoms in total. The van der Waals surface area contributed by atoms with Crippen molar-refractivity contribution in [3.63, 3.8) is 0 Å². The van der Waals surface area contributed by atoms with Crippen LogP contribution in [0.2, 0.25) is 0 Å². The number of aliphatic imine (C=N–C) groups is 1. The molecule has 1 aliphatic heterocycles. The van der Waals surface area contributed by atoms with Crippen LogP contribution in [-0.2, 0) is 6.54 Å². The first-order valence-electron chi connectivity index (χ1n) is 10.6. The molecular weight excluding hydrogens is 418 g/mol. The van der Waals surface area contributed by atoms with Crippen LogP contribution in [0.15, 0.2) is 23.2 Å². The van der Waals surface area contributed by atoms with Gasteiger partial charge in [-0.05, 0) is 45.4 Å². The molecule has 2 aromatic rings. The molecular formula is C23H29N9O. The van der Waals surface area contributed by atoms with Gasteiger partial charge >= 0.3 is 0 Å². The number of pyridine rings is 1. The predicted molar refractivity (Wildman–Crippen MR) is 128 cm³/mol. The van der Waals surface area contributed by atoms with E-state index in [-0.39, 0.29) is 23.0 Å². The fraction of sp³-hybridized carbons (Fsp3) is 0.391. The summed E-state index contributed by atoms with van der Waals surface area (Å²) in [5.41, 5.74) is 14.9. The highest BCUT2D eigenvalue weighted by Crippen LogP contribution is 2.41. The van der Waals surface area contributed by atoms with Crippen molar-refractivity contribution in [1.82, 2.24) is 15.2 Å². The van der Waals surface area contributed by atoms with E-state index in [0.29, 0.717) is 30.0 Å². The van der Waals surface area contributed by atoms with Crippen LogP contribution in [0.4, 0.5) is 17.3 Å². The molecule has 10 heteroatoms. The van der Waals surface area contributed by atoms with Crippen molar-refractivity contribution in [3.8, 4) is 18.0 Å². The minimum absolute atomic E-state index is 0.0122. The normalized spacial score (nSPS) is 14.8. The highest BCUT2D eigenvalue weighted by Gasteiger charge is 2.30. The number of aromatic nitrogens is 1. The summed E-state index contributed by atoms with van der Waals surface area (Å²) < 4.78 is 5.63. The van der Waals surface area contributed by atoms with Crippen molar-refractivity contribution < 1.29 is 4.74 Å². The average Bonchev–Trinajstić information content (AvgIpc) is 2.76. The van der Waals surface area contributed by atoms with Gasteiger partial charge in [-0.3, -0.25) is 10.2 Å². The van der Waals surface area contributed by atoms with Crippen LogP contribution < -0.4 is 26.8 Å². The number of fused-ring (bicyclic) bond motifs is 1. The lowest BCUT2D eigenvalue weighted by atomic mass is 9.93. The first-order valence-corrected chi connectivity index (χ1v) is 10.6. The van der Waals surface area contributed by atoms with Gasteiger partial charge in [-0.25, -0.2) is 9.98 Å². The summed E-state index contributed by atoms with van der Waals surface area (Å²) in [5.74, 6) is 1.34. The van der Waals surface area contributed by atoms with E-state index in [1.54, 1.807) is 7.11 Å². The van der Waals surface area contributed by atoms with Crippen LogP contribution >= 0.6 is 0 Å². The van der Waals surface area contributed by atoms with Gasteiger partial charge in [0.15, 0.2) is 6.19 Å². The molecule has 0 radical (unpaired) electrons. The monoisotopic (exact) mass is 447 g/mol. The van der Waals surface area contributed by atoms with Gasteiger partial charge in [0.25, 0.3) is 0 Å². The van der Waals surface area contributed by atoms with Gasteiger partial charge in [0.05, 0.1) is 12.8 Å². The molecule has 0 amide bonds. The summed E-state index contributed by atoms with van der Waals surface area (Å²) >= 11 is 0. The first-order chi connectivity index (χ1) is 15.7. The van der Waals surface area contributed by atoms with Gasteiger partial charge < -0.3 is 21.5 Å². The van der Waals surface area contributed by atoms with Crippen LogP contribution in [0, 0.1) is 22.8 Å². The molecule has 2 heterocycles. The number of ether oxygens (including phenoxy) is 1. The first kappa shape index (κ1) is 23.6. The maximum absolute atomic E-state index is 9.53. The number of nitrogens with one attached hydrogen (secondary N) is 2. The van der Waals surface area contributed by atoms with Crippen LogP contribution in [0.3, 0.4) is 0 Å². The maximum atomic E-state index is 9.53. The third-order valence-electron chi connectivity index (χ3n) is 5.66. The number of methoxy groups -OCH3 is 1. The second-order valence-corrected chi connectivity index (χ2v) is 8.33. The summed E-state index contributed by atoms with van der Waals surface area (Å²) in [6.45, 7) is 9.30. The minimum Gasteiger partial charge on any atom is -0.496 e. The second-order valence-electron chi connectivity index (χ2n) is 8.33. The lowest BCUT2D eigenvalue weighted by Gasteiger charge is -2.31. The average molecular weight is 448 g/mol. The summed E-state index contributed by atoms with van der Waals surface area (Å²) in [6.07, 6.45) is 1.86. The summed E-state index contributed by atoms with van der Waals surface area (Å²) in [7, 11) is 1.64. The van der Waals surface area contributed by atoms with Crippen LogP contribution in [0.25, 0.3) is 0 Å². The molecule has 1 aromatic carbocycles. The molecule has 33 heavy (non-hydrogen) atoms. The Morgan fingerprint density at radius 3 is 2.48 bits per heavy atom. The van der Waals surface area contributed by atoms with Gasteiger partial charge in [-0.15, -0.1) is 0 Å². The molecule has 3 rings (SSSR count). The Morgan fingerprint density at radius 1 is 1.21 bits per heavy atom. The number of hydrogen-bond donors (Lipinski definition) is 4. The number of rotatable bonds is 6. The Balaban J connectivity index is 2.17. The summed E-state index contributed by atoms with van der Waals surface area (Å²) in [6, 6.07) is 7.90. The quantitative estimate of drug-likeness (QED) is 0.385. The second kappa shape index (κ2) is 9.63. The van der Waals surface area contributed by atoms with E-state index in [9.17, 15) is 5.26 Å². The Kier molecular flexibility index (Phi) is 6.90. The van der Waals surface area contributed by atoms with E-state index in [1.165, 1.54) is 0 Å². The number of nitriles is 2. The Hall–Kier alpha value is -4.02. The number of nitrogens with zero attached hydrogens (tertiary/aromatic N) is 5. The standard InChI is InChI=1S/C23H29N9O/c1-12(2)32(13(3)4)10-15-8-14(6-7-17(15)33-5)20-18-19(26)16(9-24)21(27)30-22(18)31-23(29-20)28-11-25/h6-8,12-13,20H,10H2,1-5H3,(H6,26,27,28,29,30,31). The number of nitrogen functional groups attached to an aromatic ring is 2. The van der Waals surface area contributed by atoms with Crippen molar-refractivity contribution in [1.29, 1.82) is 10.5 Å². The number of hydrogen-bond acceptors (Lipinski definition) is 10. The fourth-order valence-corrected chi connectivity index (χ4v) is 4.07. The Labute approximate surface area is 193 Å². The van der Waals surface area contributed by atoms with Gasteiger partial charge in [-0.1, -0.05) is 6.07 Å².